The van der Waals surface area contributed by atoms with Crippen LogP contribution in [0.3, 0.4) is 0 Å². The Bertz CT molecular complexity index is 1580. The van der Waals surface area contributed by atoms with Gasteiger partial charge in [0.25, 0.3) is 0 Å². The van der Waals surface area contributed by atoms with Crippen LogP contribution in [-0.2, 0) is 25.8 Å². The lowest BCUT2D eigenvalue weighted by molar-refractivity contribution is -0.143. The van der Waals surface area contributed by atoms with Gasteiger partial charge >= 0.3 is 6.18 Å². The number of piperazine rings is 1. The number of carbonyl (C=O) groups is 2. The van der Waals surface area contributed by atoms with E-state index in [-0.39, 0.29) is 34.0 Å². The number of anilines is 1. The topological polar surface area (TPSA) is 142 Å². The number of sulfonamides is 1. The molecule has 1 unspecified atom stereocenters. The van der Waals surface area contributed by atoms with Crippen LogP contribution in [0.2, 0.25) is 0 Å². The van der Waals surface area contributed by atoms with Gasteiger partial charge in [0.15, 0.2) is 10.8 Å². The summed E-state index contributed by atoms with van der Waals surface area (Å²) in [5, 5.41) is 8.22. The molecule has 17 heteroatoms. The predicted molar refractivity (Wildman–Crippen MR) is 132 cm³/mol. The van der Waals surface area contributed by atoms with E-state index in [1.54, 1.807) is 11.8 Å². The molecule has 1 aliphatic carbocycles. The smallest absolute Gasteiger partial charge is 0.366 e. The minimum Gasteiger partial charge on any atom is -0.366 e. The molecule has 2 N–H and O–H groups in total. The first-order chi connectivity index (χ1) is 18.3. The summed E-state index contributed by atoms with van der Waals surface area (Å²) in [6.07, 6.45) is -0.354. The Kier molecular flexibility index (Phi) is 5.89. The van der Waals surface area contributed by atoms with E-state index in [2.05, 4.69) is 25.2 Å². The van der Waals surface area contributed by atoms with Crippen LogP contribution >= 0.6 is 11.3 Å². The lowest BCUT2D eigenvalue weighted by atomic mass is 10.0. The highest BCUT2D eigenvalue weighted by Gasteiger charge is 2.42. The summed E-state index contributed by atoms with van der Waals surface area (Å²) in [5.74, 6) is -0.306. The number of hydrogen-bond donors (Lipinski definition) is 2. The molecule has 3 aromatic rings. The van der Waals surface area contributed by atoms with Gasteiger partial charge in [-0.15, -0.1) is 10.2 Å². The van der Waals surface area contributed by atoms with Crippen molar-refractivity contribution >= 4 is 44.4 Å². The van der Waals surface area contributed by atoms with Crippen molar-refractivity contribution in [3.8, 4) is 10.8 Å². The number of carbonyl (C=O) groups excluding carboxylic acids is 2. The molecule has 3 aliphatic rings. The van der Waals surface area contributed by atoms with Crippen molar-refractivity contribution in [2.75, 3.05) is 31.1 Å². The third kappa shape index (κ3) is 4.82. The van der Waals surface area contributed by atoms with Crippen LogP contribution in [0, 0.1) is 0 Å². The highest BCUT2D eigenvalue weighted by atomic mass is 32.2. The molecule has 1 saturated carbocycles. The fourth-order valence-electron chi connectivity index (χ4n) is 4.61. The Hall–Kier alpha value is -3.31. The third-order valence-corrected chi connectivity index (χ3v) is 9.67. The standard InChI is InChI=1S/C22H23F3N8O4S2/c1-21(2-3-21)30-39(36,37)12-8-14(31-4-6-32(7-5-31)19(35)13-9-16(34)27-13)15-10-26-17(33(15)11-12)18-28-29-20(38-18)22(23,24)25/h8,10-11,13,30H,2-7,9H2,1H3,(H,27,34). The van der Waals surface area contributed by atoms with Crippen molar-refractivity contribution < 1.29 is 31.2 Å². The van der Waals surface area contributed by atoms with Gasteiger partial charge in [0, 0.05) is 37.9 Å². The lowest BCUT2D eigenvalue weighted by Gasteiger charge is -2.39. The van der Waals surface area contributed by atoms with Crippen LogP contribution < -0.4 is 14.9 Å². The van der Waals surface area contributed by atoms with E-state index in [1.807, 2.05) is 4.90 Å². The molecule has 3 aromatic heterocycles. The molecule has 0 spiro atoms. The number of hydrogen-bond acceptors (Lipinski definition) is 9. The molecule has 5 heterocycles. The van der Waals surface area contributed by atoms with Crippen molar-refractivity contribution in [1.29, 1.82) is 0 Å². The van der Waals surface area contributed by atoms with E-state index in [1.165, 1.54) is 22.9 Å². The first-order valence-corrected chi connectivity index (χ1v) is 14.4. The normalized spacial score (nSPS) is 21.1. The van der Waals surface area contributed by atoms with Crippen LogP contribution in [-0.4, -0.2) is 82.5 Å². The van der Waals surface area contributed by atoms with Gasteiger partial charge in [-0.2, -0.15) is 13.2 Å². The summed E-state index contributed by atoms with van der Waals surface area (Å²) in [6.45, 7) is 3.23. The Morgan fingerprint density at radius 3 is 2.49 bits per heavy atom. The van der Waals surface area contributed by atoms with Crippen molar-refractivity contribution in [3.05, 3.63) is 23.5 Å². The predicted octanol–water partition coefficient (Wildman–Crippen LogP) is 1.24. The number of alkyl halides is 3. The van der Waals surface area contributed by atoms with Crippen molar-refractivity contribution in [1.82, 2.24) is 34.5 Å². The number of fused-ring (bicyclic) bond motifs is 1. The fraction of sp³-hybridized carbons (Fsp3) is 0.500. The molecular formula is C22H23F3N8O4S2. The maximum atomic E-state index is 13.3. The largest absolute Gasteiger partial charge is 0.445 e. The third-order valence-electron chi connectivity index (χ3n) is 7.10. The number of halogens is 3. The minimum atomic E-state index is -4.67. The molecule has 1 atom stereocenters. The van der Waals surface area contributed by atoms with Gasteiger partial charge in [0.2, 0.25) is 26.8 Å². The Morgan fingerprint density at radius 2 is 1.90 bits per heavy atom. The molecule has 0 radical (unpaired) electrons. The minimum absolute atomic E-state index is 0.0310. The molecule has 208 valence electrons. The van der Waals surface area contributed by atoms with Crippen LogP contribution in [0.25, 0.3) is 16.3 Å². The van der Waals surface area contributed by atoms with Gasteiger partial charge in [-0.1, -0.05) is 11.3 Å². The second kappa shape index (κ2) is 8.85. The number of nitrogens with one attached hydrogen (secondary N) is 2. The van der Waals surface area contributed by atoms with Gasteiger partial charge in [-0.25, -0.2) is 18.1 Å². The molecular weight excluding hydrogens is 561 g/mol. The molecule has 6 rings (SSSR count). The molecule has 2 saturated heterocycles. The van der Waals surface area contributed by atoms with Crippen molar-refractivity contribution in [2.24, 2.45) is 0 Å². The van der Waals surface area contributed by atoms with Gasteiger partial charge in [-0.3, -0.25) is 14.0 Å². The van der Waals surface area contributed by atoms with Gasteiger partial charge < -0.3 is 15.1 Å². The first kappa shape index (κ1) is 25.9. The van der Waals surface area contributed by atoms with Gasteiger partial charge in [0.05, 0.1) is 23.8 Å². The van der Waals surface area contributed by atoms with Gasteiger partial charge in [-0.05, 0) is 25.8 Å². The summed E-state index contributed by atoms with van der Waals surface area (Å²) >= 11 is 0.318. The summed E-state index contributed by atoms with van der Waals surface area (Å²) in [6, 6.07) is 0.990. The second-order valence-corrected chi connectivity index (χ2v) is 12.8. The number of rotatable bonds is 6. The van der Waals surface area contributed by atoms with Crippen molar-refractivity contribution in [3.63, 3.8) is 0 Å². The summed E-state index contributed by atoms with van der Waals surface area (Å²) in [7, 11) is -3.98. The Balaban J connectivity index is 1.36. The van der Waals surface area contributed by atoms with E-state index in [0.29, 0.717) is 61.6 Å². The van der Waals surface area contributed by atoms with Crippen LogP contribution in [0.4, 0.5) is 18.9 Å². The highest BCUT2D eigenvalue weighted by molar-refractivity contribution is 7.89. The fourth-order valence-corrected chi connectivity index (χ4v) is 6.80. The average molecular weight is 585 g/mol. The van der Waals surface area contributed by atoms with E-state index in [9.17, 15) is 31.2 Å². The maximum Gasteiger partial charge on any atom is 0.445 e. The van der Waals surface area contributed by atoms with E-state index < -0.39 is 32.8 Å². The van der Waals surface area contributed by atoms with Crippen LogP contribution in [0.5, 0.6) is 0 Å². The molecule has 39 heavy (non-hydrogen) atoms. The van der Waals surface area contributed by atoms with Crippen LogP contribution in [0.15, 0.2) is 23.4 Å². The molecule has 0 bridgehead atoms. The number of imidazole rings is 1. The zero-order valence-electron chi connectivity index (χ0n) is 20.5. The number of β-lactam (4-membered cyclic amide) rings is 1. The Labute approximate surface area is 224 Å². The number of aromatic nitrogens is 4. The molecule has 2 amide bonds. The zero-order valence-corrected chi connectivity index (χ0v) is 22.2. The second-order valence-electron chi connectivity index (χ2n) is 10.1. The monoisotopic (exact) mass is 584 g/mol. The average Bonchev–Trinajstić information content (AvgIpc) is 3.24. The number of nitrogens with zero attached hydrogens (tertiary/aromatic N) is 6. The highest BCUT2D eigenvalue weighted by Crippen LogP contribution is 2.38. The summed E-state index contributed by atoms with van der Waals surface area (Å²) in [4.78, 5) is 31.6. The lowest BCUT2D eigenvalue weighted by Crippen LogP contribution is -2.60. The SMILES string of the molecule is CC1(NS(=O)(=O)c2cc(N3CCN(C(=O)C4CC(=O)N4)CC3)c3cnc(-c4nnc(C(F)(F)F)s4)n3c2)CC1. The first-order valence-electron chi connectivity index (χ1n) is 12.1. The molecule has 3 fully saturated rings. The van der Waals surface area contributed by atoms with E-state index >= 15 is 0 Å². The van der Waals surface area contributed by atoms with Crippen LogP contribution in [0.1, 0.15) is 31.2 Å². The van der Waals surface area contributed by atoms with Gasteiger partial charge in [0.1, 0.15) is 10.9 Å². The summed E-state index contributed by atoms with van der Waals surface area (Å²) < 4.78 is 70.3. The zero-order chi connectivity index (χ0) is 27.7. The van der Waals surface area contributed by atoms with Crippen molar-refractivity contribution in [2.45, 2.75) is 48.8 Å². The summed E-state index contributed by atoms with van der Waals surface area (Å²) in [5.41, 5.74) is 0.425. The molecule has 2 aliphatic heterocycles. The number of pyridine rings is 1. The molecule has 0 aromatic carbocycles. The van der Waals surface area contributed by atoms with E-state index in [0.717, 1.165) is 0 Å². The quantitative estimate of drug-likeness (QED) is 0.413. The molecule has 12 nitrogen and oxygen atoms in total. The van der Waals surface area contributed by atoms with E-state index in [4.69, 9.17) is 0 Å². The Morgan fingerprint density at radius 1 is 1.21 bits per heavy atom. The maximum absolute atomic E-state index is 13.3. The number of amides is 2.